The highest BCUT2D eigenvalue weighted by atomic mass is 16.5. The molecular weight excluding hydrogens is 238 g/mol. The second-order valence-corrected chi connectivity index (χ2v) is 6.20. The highest BCUT2D eigenvalue weighted by Gasteiger charge is 2.15. The van der Waals surface area contributed by atoms with Gasteiger partial charge in [-0.15, -0.1) is 0 Å². The Morgan fingerprint density at radius 3 is 2.16 bits per heavy atom. The second kappa shape index (κ2) is 6.40. The van der Waals surface area contributed by atoms with Crippen LogP contribution in [0.2, 0.25) is 0 Å². The molecule has 0 aromatic heterocycles. The van der Waals surface area contributed by atoms with Crippen molar-refractivity contribution in [1.82, 2.24) is 5.32 Å². The summed E-state index contributed by atoms with van der Waals surface area (Å²) in [5.74, 6) is 0.885. The van der Waals surface area contributed by atoms with E-state index in [4.69, 9.17) is 4.74 Å². The van der Waals surface area contributed by atoms with Crippen LogP contribution in [0.1, 0.15) is 44.4 Å². The third-order valence-electron chi connectivity index (χ3n) is 2.80. The molecule has 1 aromatic rings. The highest BCUT2D eigenvalue weighted by Crippen LogP contribution is 2.25. The lowest BCUT2D eigenvalue weighted by atomic mass is 10.0. The SMILES string of the molecule is Cc1cc(CNC(C)C)cc(C)c1OCC(C)(C)O. The van der Waals surface area contributed by atoms with E-state index >= 15 is 0 Å². The van der Waals surface area contributed by atoms with Crippen LogP contribution < -0.4 is 10.1 Å². The normalized spacial score (nSPS) is 12.0. The minimum atomic E-state index is -0.809. The number of aliphatic hydroxyl groups is 1. The molecule has 0 spiro atoms. The van der Waals surface area contributed by atoms with E-state index < -0.39 is 5.60 Å². The molecule has 0 radical (unpaired) electrons. The van der Waals surface area contributed by atoms with Crippen molar-refractivity contribution in [3.63, 3.8) is 0 Å². The minimum absolute atomic E-state index is 0.304. The number of rotatable bonds is 6. The van der Waals surface area contributed by atoms with Crippen LogP contribution in [0, 0.1) is 13.8 Å². The van der Waals surface area contributed by atoms with Crippen LogP contribution in [-0.4, -0.2) is 23.4 Å². The van der Waals surface area contributed by atoms with Crippen LogP contribution in [0.15, 0.2) is 12.1 Å². The Bertz CT molecular complexity index is 396. The van der Waals surface area contributed by atoms with Crippen molar-refractivity contribution >= 4 is 0 Å². The van der Waals surface area contributed by atoms with Crippen molar-refractivity contribution in [1.29, 1.82) is 0 Å². The van der Waals surface area contributed by atoms with Gasteiger partial charge >= 0.3 is 0 Å². The Hall–Kier alpha value is -1.06. The van der Waals surface area contributed by atoms with Gasteiger partial charge in [-0.2, -0.15) is 0 Å². The lowest BCUT2D eigenvalue weighted by molar-refractivity contribution is 0.0280. The number of hydrogen-bond donors (Lipinski definition) is 2. The zero-order valence-electron chi connectivity index (χ0n) is 13.0. The Kier molecular flexibility index (Phi) is 5.39. The quantitative estimate of drug-likeness (QED) is 0.831. The molecule has 0 fully saturated rings. The first kappa shape index (κ1) is 16.0. The van der Waals surface area contributed by atoms with Gasteiger partial charge in [0.15, 0.2) is 0 Å². The molecule has 2 N–H and O–H groups in total. The van der Waals surface area contributed by atoms with Gasteiger partial charge in [0, 0.05) is 12.6 Å². The van der Waals surface area contributed by atoms with Gasteiger partial charge in [0.2, 0.25) is 0 Å². The van der Waals surface area contributed by atoms with E-state index in [1.165, 1.54) is 5.56 Å². The lowest BCUT2D eigenvalue weighted by Gasteiger charge is -2.21. The molecule has 3 heteroatoms. The molecule has 0 heterocycles. The largest absolute Gasteiger partial charge is 0.490 e. The van der Waals surface area contributed by atoms with Crippen molar-refractivity contribution in [3.05, 3.63) is 28.8 Å². The predicted octanol–water partition coefficient (Wildman–Crippen LogP) is 2.95. The molecule has 0 unspecified atom stereocenters. The summed E-state index contributed by atoms with van der Waals surface area (Å²) in [5, 5.41) is 13.1. The second-order valence-electron chi connectivity index (χ2n) is 6.20. The van der Waals surface area contributed by atoms with Gasteiger partial charge in [0.25, 0.3) is 0 Å². The van der Waals surface area contributed by atoms with Gasteiger partial charge in [-0.25, -0.2) is 0 Å². The van der Waals surface area contributed by atoms with E-state index in [0.717, 1.165) is 23.4 Å². The summed E-state index contributed by atoms with van der Waals surface area (Å²) in [6.07, 6.45) is 0. The summed E-state index contributed by atoms with van der Waals surface area (Å²) in [7, 11) is 0. The van der Waals surface area contributed by atoms with Crippen LogP contribution in [0.25, 0.3) is 0 Å². The number of nitrogens with one attached hydrogen (secondary N) is 1. The van der Waals surface area contributed by atoms with Crippen molar-refractivity contribution in [3.8, 4) is 5.75 Å². The molecule has 19 heavy (non-hydrogen) atoms. The highest BCUT2D eigenvalue weighted by molar-refractivity contribution is 5.43. The molecule has 1 aromatic carbocycles. The summed E-state index contributed by atoms with van der Waals surface area (Å²) in [6.45, 7) is 13.0. The summed E-state index contributed by atoms with van der Waals surface area (Å²) in [4.78, 5) is 0. The smallest absolute Gasteiger partial charge is 0.125 e. The van der Waals surface area contributed by atoms with Crippen molar-refractivity contribution in [2.24, 2.45) is 0 Å². The molecule has 0 saturated carbocycles. The molecule has 1 rings (SSSR count). The lowest BCUT2D eigenvalue weighted by Crippen LogP contribution is -2.28. The number of hydrogen-bond acceptors (Lipinski definition) is 3. The Morgan fingerprint density at radius 1 is 1.21 bits per heavy atom. The summed E-state index contributed by atoms with van der Waals surface area (Å²) in [6, 6.07) is 4.76. The first-order valence-corrected chi connectivity index (χ1v) is 6.88. The zero-order valence-corrected chi connectivity index (χ0v) is 13.0. The molecule has 0 amide bonds. The van der Waals surface area contributed by atoms with E-state index in [-0.39, 0.29) is 0 Å². The molecule has 0 aliphatic heterocycles. The molecule has 0 aliphatic rings. The fraction of sp³-hybridized carbons (Fsp3) is 0.625. The Balaban J connectivity index is 2.79. The maximum Gasteiger partial charge on any atom is 0.125 e. The van der Waals surface area contributed by atoms with Crippen LogP contribution in [0.4, 0.5) is 0 Å². The molecule has 0 aliphatic carbocycles. The summed E-state index contributed by atoms with van der Waals surface area (Å²) < 4.78 is 5.74. The van der Waals surface area contributed by atoms with E-state index in [1.807, 2.05) is 13.8 Å². The van der Waals surface area contributed by atoms with Crippen molar-refractivity contribution in [2.75, 3.05) is 6.61 Å². The predicted molar refractivity (Wildman–Crippen MR) is 79.7 cm³/mol. The van der Waals surface area contributed by atoms with E-state index in [1.54, 1.807) is 13.8 Å². The Morgan fingerprint density at radius 2 is 1.74 bits per heavy atom. The van der Waals surface area contributed by atoms with Crippen LogP contribution in [-0.2, 0) is 6.54 Å². The van der Waals surface area contributed by atoms with Gasteiger partial charge in [-0.1, -0.05) is 26.0 Å². The molecule has 3 nitrogen and oxygen atoms in total. The molecule has 108 valence electrons. The first-order chi connectivity index (χ1) is 8.69. The zero-order chi connectivity index (χ0) is 14.6. The van der Waals surface area contributed by atoms with Crippen LogP contribution in [0.3, 0.4) is 0 Å². The van der Waals surface area contributed by atoms with E-state index in [2.05, 4.69) is 31.3 Å². The van der Waals surface area contributed by atoms with Crippen molar-refractivity contribution < 1.29 is 9.84 Å². The van der Waals surface area contributed by atoms with E-state index in [9.17, 15) is 5.11 Å². The average molecular weight is 265 g/mol. The number of benzene rings is 1. The summed E-state index contributed by atoms with van der Waals surface area (Å²) in [5.41, 5.74) is 2.69. The molecule has 0 atom stereocenters. The van der Waals surface area contributed by atoms with Gasteiger partial charge in [-0.05, 0) is 44.4 Å². The topological polar surface area (TPSA) is 41.5 Å². The first-order valence-electron chi connectivity index (χ1n) is 6.88. The summed E-state index contributed by atoms with van der Waals surface area (Å²) >= 11 is 0. The van der Waals surface area contributed by atoms with E-state index in [0.29, 0.717) is 12.6 Å². The minimum Gasteiger partial charge on any atom is -0.490 e. The van der Waals surface area contributed by atoms with Gasteiger partial charge in [0.05, 0.1) is 5.60 Å². The van der Waals surface area contributed by atoms with Gasteiger partial charge < -0.3 is 15.2 Å². The Labute approximate surface area is 117 Å². The van der Waals surface area contributed by atoms with Crippen LogP contribution >= 0.6 is 0 Å². The third kappa shape index (κ3) is 5.62. The fourth-order valence-electron chi connectivity index (χ4n) is 1.94. The number of ether oxygens (including phenoxy) is 1. The number of aryl methyl sites for hydroxylation is 2. The maximum atomic E-state index is 9.73. The molecule has 0 bridgehead atoms. The molecule has 0 saturated heterocycles. The average Bonchev–Trinajstić information content (AvgIpc) is 2.23. The maximum absolute atomic E-state index is 9.73. The standard InChI is InChI=1S/C16H27NO2/c1-11(2)17-9-14-7-12(3)15(13(4)8-14)19-10-16(5,6)18/h7-8,11,17-18H,9-10H2,1-6H3. The third-order valence-corrected chi connectivity index (χ3v) is 2.80. The monoisotopic (exact) mass is 265 g/mol. The fourth-order valence-corrected chi connectivity index (χ4v) is 1.94. The van der Waals surface area contributed by atoms with Gasteiger partial charge in [-0.3, -0.25) is 0 Å². The van der Waals surface area contributed by atoms with Gasteiger partial charge in [0.1, 0.15) is 12.4 Å². The van der Waals surface area contributed by atoms with Crippen LogP contribution in [0.5, 0.6) is 5.75 Å². The molecular formula is C16H27NO2. The van der Waals surface area contributed by atoms with Crippen molar-refractivity contribution in [2.45, 2.75) is 59.7 Å².